The van der Waals surface area contributed by atoms with Crippen LogP contribution in [-0.2, 0) is 16.1 Å². The summed E-state index contributed by atoms with van der Waals surface area (Å²) in [6.07, 6.45) is 1.88. The minimum absolute atomic E-state index is 0.127. The summed E-state index contributed by atoms with van der Waals surface area (Å²) in [5, 5.41) is 2.89. The monoisotopic (exact) mass is 416 g/mol. The number of benzene rings is 2. The van der Waals surface area contributed by atoms with Crippen molar-refractivity contribution in [2.45, 2.75) is 51.1 Å². The fourth-order valence-electron chi connectivity index (χ4n) is 2.77. The van der Waals surface area contributed by atoms with E-state index in [2.05, 4.69) is 12.2 Å². The minimum atomic E-state index is -0.608. The van der Waals surface area contributed by atoms with Gasteiger partial charge in [0.05, 0.1) is 5.75 Å². The summed E-state index contributed by atoms with van der Waals surface area (Å²) in [4.78, 5) is 28.1. The Bertz CT molecular complexity index is 794. The standard InChI is InChI=1S/C23H29FN2O2S/c1-4-5-14-25-23(28)18(3)26(15-19-8-10-20(24)11-9-19)22(27)16-29-21-12-6-17(2)7-13-21/h6-13,18H,4-5,14-16H2,1-3H3,(H,25,28)/t18-/m1/s1. The molecule has 0 aliphatic heterocycles. The maximum Gasteiger partial charge on any atom is 0.242 e. The zero-order valence-corrected chi connectivity index (χ0v) is 18.1. The lowest BCUT2D eigenvalue weighted by Gasteiger charge is -2.28. The van der Waals surface area contributed by atoms with Crippen LogP contribution in [0.15, 0.2) is 53.4 Å². The smallest absolute Gasteiger partial charge is 0.242 e. The van der Waals surface area contributed by atoms with Crippen molar-refractivity contribution in [3.05, 3.63) is 65.5 Å². The third-order valence-corrected chi connectivity index (χ3v) is 5.64. The predicted octanol–water partition coefficient (Wildman–Crippen LogP) is 4.56. The van der Waals surface area contributed by atoms with Crippen molar-refractivity contribution in [2.75, 3.05) is 12.3 Å². The molecule has 0 bridgehead atoms. The summed E-state index contributed by atoms with van der Waals surface area (Å²) >= 11 is 1.45. The van der Waals surface area contributed by atoms with Gasteiger partial charge in [0.2, 0.25) is 11.8 Å². The number of aryl methyl sites for hydroxylation is 1. The number of nitrogens with one attached hydrogen (secondary N) is 1. The first kappa shape index (κ1) is 22.9. The molecule has 4 nitrogen and oxygen atoms in total. The molecule has 6 heteroatoms. The van der Waals surface area contributed by atoms with Crippen molar-refractivity contribution in [3.8, 4) is 0 Å². The SMILES string of the molecule is CCCCNC(=O)[C@@H](C)N(Cc1ccc(F)cc1)C(=O)CSc1ccc(C)cc1. The Balaban J connectivity index is 2.08. The molecule has 0 heterocycles. The highest BCUT2D eigenvalue weighted by molar-refractivity contribution is 8.00. The molecule has 2 rings (SSSR count). The van der Waals surface area contributed by atoms with Crippen molar-refractivity contribution in [3.63, 3.8) is 0 Å². The Morgan fingerprint density at radius 1 is 1.10 bits per heavy atom. The van der Waals surface area contributed by atoms with Crippen LogP contribution in [0.3, 0.4) is 0 Å². The van der Waals surface area contributed by atoms with Gasteiger partial charge in [0.1, 0.15) is 11.9 Å². The highest BCUT2D eigenvalue weighted by atomic mass is 32.2. The number of thioether (sulfide) groups is 1. The Morgan fingerprint density at radius 2 is 1.76 bits per heavy atom. The largest absolute Gasteiger partial charge is 0.354 e. The third kappa shape index (κ3) is 7.54. The van der Waals surface area contributed by atoms with Crippen LogP contribution in [0.1, 0.15) is 37.8 Å². The zero-order valence-electron chi connectivity index (χ0n) is 17.3. The normalized spacial score (nSPS) is 11.7. The first-order valence-corrected chi connectivity index (χ1v) is 10.9. The molecule has 0 fully saturated rings. The third-order valence-electron chi connectivity index (χ3n) is 4.65. The van der Waals surface area contributed by atoms with Gasteiger partial charge in [0.15, 0.2) is 0 Å². The topological polar surface area (TPSA) is 49.4 Å². The second-order valence-electron chi connectivity index (χ2n) is 7.07. The van der Waals surface area contributed by atoms with E-state index in [-0.39, 0.29) is 29.9 Å². The molecule has 0 saturated carbocycles. The van der Waals surface area contributed by atoms with Gasteiger partial charge in [-0.25, -0.2) is 4.39 Å². The molecule has 2 aromatic carbocycles. The number of hydrogen-bond acceptors (Lipinski definition) is 3. The van der Waals surface area contributed by atoms with Gasteiger partial charge < -0.3 is 10.2 Å². The van der Waals surface area contributed by atoms with E-state index in [9.17, 15) is 14.0 Å². The average Bonchev–Trinajstić information content (AvgIpc) is 2.72. The Morgan fingerprint density at radius 3 is 2.38 bits per heavy atom. The lowest BCUT2D eigenvalue weighted by Crippen LogP contribution is -2.48. The quantitative estimate of drug-likeness (QED) is 0.456. The predicted molar refractivity (Wildman–Crippen MR) is 116 cm³/mol. The molecule has 29 heavy (non-hydrogen) atoms. The van der Waals surface area contributed by atoms with Gasteiger partial charge in [-0.2, -0.15) is 0 Å². The van der Waals surface area contributed by atoms with Gasteiger partial charge in [0.25, 0.3) is 0 Å². The summed E-state index contributed by atoms with van der Waals surface area (Å²) in [7, 11) is 0. The lowest BCUT2D eigenvalue weighted by molar-refractivity contribution is -0.138. The second-order valence-corrected chi connectivity index (χ2v) is 8.12. The van der Waals surface area contributed by atoms with Crippen LogP contribution in [0, 0.1) is 12.7 Å². The fourth-order valence-corrected chi connectivity index (χ4v) is 3.55. The molecule has 0 unspecified atom stereocenters. The number of hydrogen-bond donors (Lipinski definition) is 1. The van der Waals surface area contributed by atoms with Crippen LogP contribution in [0.2, 0.25) is 0 Å². The highest BCUT2D eigenvalue weighted by Crippen LogP contribution is 2.20. The Kier molecular flexibility index (Phi) is 9.19. The molecule has 0 aliphatic rings. The van der Waals surface area contributed by atoms with Crippen molar-refractivity contribution in [1.29, 1.82) is 0 Å². The number of rotatable bonds is 10. The van der Waals surface area contributed by atoms with E-state index in [4.69, 9.17) is 0 Å². The number of amides is 2. The van der Waals surface area contributed by atoms with E-state index in [1.165, 1.54) is 23.9 Å². The van der Waals surface area contributed by atoms with Gasteiger partial charge in [-0.15, -0.1) is 11.8 Å². The molecule has 0 aliphatic carbocycles. The maximum absolute atomic E-state index is 13.2. The summed E-state index contributed by atoms with van der Waals surface area (Å²) in [5.41, 5.74) is 1.95. The average molecular weight is 417 g/mol. The maximum atomic E-state index is 13.2. The number of unbranched alkanes of at least 4 members (excludes halogenated alkanes) is 1. The zero-order chi connectivity index (χ0) is 21.2. The summed E-state index contributed by atoms with van der Waals surface area (Å²) < 4.78 is 13.2. The van der Waals surface area contributed by atoms with Gasteiger partial charge in [-0.05, 0) is 50.1 Å². The molecule has 0 aromatic heterocycles. The van der Waals surface area contributed by atoms with Crippen molar-refractivity contribution in [1.82, 2.24) is 10.2 Å². The molecule has 1 N–H and O–H groups in total. The molecule has 0 spiro atoms. The molecule has 2 amide bonds. The van der Waals surface area contributed by atoms with Gasteiger partial charge >= 0.3 is 0 Å². The summed E-state index contributed by atoms with van der Waals surface area (Å²) in [6, 6.07) is 13.4. The number of halogens is 1. The van der Waals surface area contributed by atoms with E-state index >= 15 is 0 Å². The highest BCUT2D eigenvalue weighted by Gasteiger charge is 2.26. The molecule has 0 saturated heterocycles. The van der Waals surface area contributed by atoms with Crippen LogP contribution in [0.25, 0.3) is 0 Å². The van der Waals surface area contributed by atoms with Crippen LogP contribution in [-0.4, -0.2) is 35.1 Å². The minimum Gasteiger partial charge on any atom is -0.354 e. The van der Waals surface area contributed by atoms with E-state index < -0.39 is 6.04 Å². The van der Waals surface area contributed by atoms with Crippen LogP contribution >= 0.6 is 11.8 Å². The van der Waals surface area contributed by atoms with Crippen molar-refractivity contribution >= 4 is 23.6 Å². The number of nitrogens with zero attached hydrogens (tertiary/aromatic N) is 1. The second kappa shape index (κ2) is 11.6. The van der Waals surface area contributed by atoms with E-state index in [0.29, 0.717) is 6.54 Å². The molecule has 0 radical (unpaired) electrons. The summed E-state index contributed by atoms with van der Waals surface area (Å²) in [5.74, 6) is -0.393. The van der Waals surface area contributed by atoms with E-state index in [1.807, 2.05) is 31.2 Å². The first-order valence-electron chi connectivity index (χ1n) is 9.91. The number of carbonyl (C=O) groups is 2. The lowest BCUT2D eigenvalue weighted by atomic mass is 10.1. The van der Waals surface area contributed by atoms with Crippen LogP contribution in [0.5, 0.6) is 0 Å². The Labute approximate surface area is 176 Å². The molecule has 1 atom stereocenters. The molecular formula is C23H29FN2O2S. The van der Waals surface area contributed by atoms with Crippen LogP contribution in [0.4, 0.5) is 4.39 Å². The van der Waals surface area contributed by atoms with Crippen molar-refractivity contribution in [2.24, 2.45) is 0 Å². The fraction of sp³-hybridized carbons (Fsp3) is 0.391. The van der Waals surface area contributed by atoms with Gasteiger partial charge in [0, 0.05) is 18.0 Å². The van der Waals surface area contributed by atoms with Crippen LogP contribution < -0.4 is 5.32 Å². The van der Waals surface area contributed by atoms with E-state index in [0.717, 1.165) is 28.9 Å². The molecular weight excluding hydrogens is 387 g/mol. The van der Waals surface area contributed by atoms with Gasteiger partial charge in [-0.3, -0.25) is 9.59 Å². The first-order chi connectivity index (χ1) is 13.9. The summed E-state index contributed by atoms with van der Waals surface area (Å²) in [6.45, 7) is 6.66. The number of carbonyl (C=O) groups excluding carboxylic acids is 2. The van der Waals surface area contributed by atoms with Crippen molar-refractivity contribution < 1.29 is 14.0 Å². The van der Waals surface area contributed by atoms with E-state index in [1.54, 1.807) is 24.0 Å². The molecule has 2 aromatic rings. The van der Waals surface area contributed by atoms with Gasteiger partial charge in [-0.1, -0.05) is 43.2 Å². The Hall–Kier alpha value is -2.34. The molecule has 156 valence electrons.